The second kappa shape index (κ2) is 6.99. The molecular weight excluding hydrogens is 323 g/mol. The van der Waals surface area contributed by atoms with Crippen molar-refractivity contribution in [3.63, 3.8) is 0 Å². The molecule has 6 heteroatoms. The highest BCUT2D eigenvalue weighted by Gasteiger charge is 2.10. The molecule has 1 amide bonds. The second-order valence-corrected chi connectivity index (χ2v) is 5.25. The van der Waals surface area contributed by atoms with Gasteiger partial charge in [-0.05, 0) is 42.0 Å². The average Bonchev–Trinajstić information content (AvgIpc) is 2.43. The lowest BCUT2D eigenvalue weighted by atomic mass is 10.1. The van der Waals surface area contributed by atoms with Crippen LogP contribution in [0.2, 0.25) is 10.0 Å². The molecule has 0 aliphatic rings. The molecule has 110 valence electrons. The number of nitrogens with one attached hydrogen (secondary N) is 1. The van der Waals surface area contributed by atoms with Crippen LogP contribution in [0.5, 0.6) is 5.75 Å². The van der Waals surface area contributed by atoms with E-state index in [1.807, 2.05) is 6.07 Å². The van der Waals surface area contributed by atoms with Gasteiger partial charge in [-0.1, -0.05) is 35.3 Å². The van der Waals surface area contributed by atoms with Gasteiger partial charge in [0.05, 0.1) is 0 Å². The van der Waals surface area contributed by atoms with Crippen LogP contribution in [0.4, 0.5) is 5.69 Å². The SMILES string of the molecule is N#C/C(=C\c1cccc(O)c1)C(=O)Nc1cc(Cl)cc(Cl)c1. The molecule has 0 radical (unpaired) electrons. The fraction of sp³-hybridized carbons (Fsp3) is 0. The molecule has 0 unspecified atom stereocenters. The summed E-state index contributed by atoms with van der Waals surface area (Å²) in [6, 6.07) is 12.6. The number of rotatable bonds is 3. The van der Waals surface area contributed by atoms with Gasteiger partial charge >= 0.3 is 0 Å². The summed E-state index contributed by atoms with van der Waals surface area (Å²) in [6.07, 6.45) is 1.38. The van der Waals surface area contributed by atoms with E-state index in [-0.39, 0.29) is 11.3 Å². The number of hydrogen-bond donors (Lipinski definition) is 2. The predicted molar refractivity (Wildman–Crippen MR) is 86.8 cm³/mol. The van der Waals surface area contributed by atoms with E-state index >= 15 is 0 Å². The molecule has 0 aliphatic carbocycles. The monoisotopic (exact) mass is 332 g/mol. The molecular formula is C16H10Cl2N2O2. The van der Waals surface area contributed by atoms with E-state index in [0.717, 1.165) is 0 Å². The van der Waals surface area contributed by atoms with Crippen molar-refractivity contribution in [1.82, 2.24) is 0 Å². The summed E-state index contributed by atoms with van der Waals surface area (Å²) in [6.45, 7) is 0. The molecule has 0 aromatic heterocycles. The average molecular weight is 333 g/mol. The van der Waals surface area contributed by atoms with Gasteiger partial charge in [0.1, 0.15) is 17.4 Å². The van der Waals surface area contributed by atoms with E-state index < -0.39 is 5.91 Å². The lowest BCUT2D eigenvalue weighted by Gasteiger charge is -2.05. The number of carbonyl (C=O) groups excluding carboxylic acids is 1. The van der Waals surface area contributed by atoms with Crippen LogP contribution in [-0.4, -0.2) is 11.0 Å². The molecule has 0 spiro atoms. The highest BCUT2D eigenvalue weighted by atomic mass is 35.5. The summed E-state index contributed by atoms with van der Waals surface area (Å²) in [7, 11) is 0. The van der Waals surface area contributed by atoms with Crippen molar-refractivity contribution >= 4 is 40.9 Å². The minimum absolute atomic E-state index is 0.0491. The van der Waals surface area contributed by atoms with Crippen LogP contribution in [0, 0.1) is 11.3 Å². The number of amides is 1. The number of hydrogen-bond acceptors (Lipinski definition) is 3. The Balaban J connectivity index is 2.24. The molecule has 2 aromatic carbocycles. The third-order valence-corrected chi connectivity index (χ3v) is 3.10. The van der Waals surface area contributed by atoms with Crippen molar-refractivity contribution in [2.75, 3.05) is 5.32 Å². The highest BCUT2D eigenvalue weighted by Crippen LogP contribution is 2.23. The Labute approximate surface area is 137 Å². The molecule has 0 atom stereocenters. The number of carbonyl (C=O) groups is 1. The van der Waals surface area contributed by atoms with Gasteiger partial charge in [0.25, 0.3) is 5.91 Å². The molecule has 22 heavy (non-hydrogen) atoms. The van der Waals surface area contributed by atoms with Crippen molar-refractivity contribution in [3.05, 3.63) is 63.6 Å². The first kappa shape index (κ1) is 15.9. The summed E-state index contributed by atoms with van der Waals surface area (Å²) in [4.78, 5) is 12.1. The van der Waals surface area contributed by atoms with Crippen LogP contribution in [-0.2, 0) is 4.79 Å². The Morgan fingerprint density at radius 1 is 1.18 bits per heavy atom. The van der Waals surface area contributed by atoms with Crippen molar-refractivity contribution in [2.45, 2.75) is 0 Å². The Kier molecular flexibility index (Phi) is 5.05. The number of halogens is 2. The highest BCUT2D eigenvalue weighted by molar-refractivity contribution is 6.35. The lowest BCUT2D eigenvalue weighted by molar-refractivity contribution is -0.112. The van der Waals surface area contributed by atoms with Gasteiger partial charge in [-0.25, -0.2) is 0 Å². The molecule has 2 N–H and O–H groups in total. The molecule has 0 fully saturated rings. The minimum atomic E-state index is -0.593. The van der Waals surface area contributed by atoms with E-state index in [2.05, 4.69) is 5.32 Å². The van der Waals surface area contributed by atoms with Crippen LogP contribution < -0.4 is 5.32 Å². The van der Waals surface area contributed by atoms with Gasteiger partial charge < -0.3 is 10.4 Å². The Hall–Kier alpha value is -2.48. The first-order valence-corrected chi connectivity index (χ1v) is 6.92. The molecule has 2 rings (SSSR count). The maximum atomic E-state index is 12.1. The minimum Gasteiger partial charge on any atom is -0.508 e. The van der Waals surface area contributed by atoms with E-state index in [4.69, 9.17) is 28.5 Å². The summed E-state index contributed by atoms with van der Waals surface area (Å²) >= 11 is 11.7. The Morgan fingerprint density at radius 2 is 1.86 bits per heavy atom. The predicted octanol–water partition coefficient (Wildman–Crippen LogP) is 4.24. The topological polar surface area (TPSA) is 73.1 Å². The molecule has 4 nitrogen and oxygen atoms in total. The zero-order chi connectivity index (χ0) is 16.1. The quantitative estimate of drug-likeness (QED) is 0.652. The summed E-state index contributed by atoms with van der Waals surface area (Å²) in [5.74, 6) is -0.544. The molecule has 0 bridgehead atoms. The number of anilines is 1. The van der Waals surface area contributed by atoms with Crippen molar-refractivity contribution in [1.29, 1.82) is 5.26 Å². The van der Waals surface area contributed by atoms with Crippen molar-refractivity contribution < 1.29 is 9.90 Å². The Morgan fingerprint density at radius 3 is 2.45 bits per heavy atom. The Bertz CT molecular complexity index is 775. The fourth-order valence-corrected chi connectivity index (χ4v) is 2.28. The molecule has 0 aliphatic heterocycles. The zero-order valence-corrected chi connectivity index (χ0v) is 12.7. The smallest absolute Gasteiger partial charge is 0.266 e. The van der Waals surface area contributed by atoms with E-state index in [1.165, 1.54) is 36.4 Å². The number of nitrogens with zero attached hydrogens (tertiary/aromatic N) is 1. The van der Waals surface area contributed by atoms with Crippen LogP contribution in [0.1, 0.15) is 5.56 Å². The van der Waals surface area contributed by atoms with Crippen LogP contribution in [0.25, 0.3) is 6.08 Å². The van der Waals surface area contributed by atoms with E-state index in [1.54, 1.807) is 12.1 Å². The van der Waals surface area contributed by atoms with Crippen molar-refractivity contribution in [2.24, 2.45) is 0 Å². The number of phenols is 1. The molecule has 2 aromatic rings. The summed E-state index contributed by atoms with van der Waals surface area (Å²) < 4.78 is 0. The van der Waals surface area contributed by atoms with E-state index in [0.29, 0.717) is 21.3 Å². The van der Waals surface area contributed by atoms with E-state index in [9.17, 15) is 9.90 Å². The number of aromatic hydroxyl groups is 1. The maximum Gasteiger partial charge on any atom is 0.266 e. The summed E-state index contributed by atoms with van der Waals surface area (Å²) in [5.41, 5.74) is 0.817. The van der Waals surface area contributed by atoms with Crippen LogP contribution in [0.3, 0.4) is 0 Å². The first-order valence-electron chi connectivity index (χ1n) is 6.16. The summed E-state index contributed by atoms with van der Waals surface area (Å²) in [5, 5.41) is 21.8. The van der Waals surface area contributed by atoms with Gasteiger partial charge in [-0.3, -0.25) is 4.79 Å². The van der Waals surface area contributed by atoms with Crippen LogP contribution in [0.15, 0.2) is 48.0 Å². The van der Waals surface area contributed by atoms with Gasteiger partial charge in [0, 0.05) is 15.7 Å². The third-order valence-electron chi connectivity index (χ3n) is 2.67. The first-order chi connectivity index (χ1) is 10.5. The standard InChI is InChI=1S/C16H10Cl2N2O2/c17-12-6-13(18)8-14(7-12)20-16(22)11(9-19)4-10-2-1-3-15(21)5-10/h1-8,21H,(H,20,22)/b11-4+. The van der Waals surface area contributed by atoms with Gasteiger partial charge in [0.2, 0.25) is 0 Å². The molecule has 0 saturated heterocycles. The lowest BCUT2D eigenvalue weighted by Crippen LogP contribution is -2.13. The molecule has 0 heterocycles. The van der Waals surface area contributed by atoms with Crippen LogP contribution >= 0.6 is 23.2 Å². The molecule has 0 saturated carbocycles. The van der Waals surface area contributed by atoms with Gasteiger partial charge in [-0.15, -0.1) is 0 Å². The van der Waals surface area contributed by atoms with Gasteiger partial charge in [-0.2, -0.15) is 5.26 Å². The largest absolute Gasteiger partial charge is 0.508 e. The second-order valence-electron chi connectivity index (χ2n) is 4.38. The number of nitriles is 1. The number of phenolic OH excluding ortho intramolecular Hbond substituents is 1. The normalized spacial score (nSPS) is 10.9. The zero-order valence-electron chi connectivity index (χ0n) is 11.2. The third kappa shape index (κ3) is 4.26. The van der Waals surface area contributed by atoms with Gasteiger partial charge in [0.15, 0.2) is 0 Å². The van der Waals surface area contributed by atoms with Crippen molar-refractivity contribution in [3.8, 4) is 11.8 Å². The maximum absolute atomic E-state index is 12.1. The fourth-order valence-electron chi connectivity index (χ4n) is 1.75. The number of benzene rings is 2.